The first-order valence-corrected chi connectivity index (χ1v) is 10.7. The summed E-state index contributed by atoms with van der Waals surface area (Å²) >= 11 is 0. The Morgan fingerprint density at radius 2 is 1.69 bits per heavy atom. The van der Waals surface area contributed by atoms with Gasteiger partial charge in [0.2, 0.25) is 11.7 Å². The second-order valence-electron chi connectivity index (χ2n) is 7.68. The van der Waals surface area contributed by atoms with Crippen LogP contribution in [0.1, 0.15) is 16.2 Å². The van der Waals surface area contributed by atoms with Gasteiger partial charge in [-0.05, 0) is 24.3 Å². The van der Waals surface area contributed by atoms with E-state index in [1.165, 1.54) is 37.3 Å². The third-order valence-corrected chi connectivity index (χ3v) is 5.59. The number of halogens is 3. The lowest BCUT2D eigenvalue weighted by molar-refractivity contribution is -0.148. The molecule has 3 aromatic rings. The van der Waals surface area contributed by atoms with Crippen LogP contribution in [0.25, 0.3) is 11.0 Å². The normalized spacial score (nSPS) is 14.1. The van der Waals surface area contributed by atoms with Crippen molar-refractivity contribution in [1.29, 1.82) is 0 Å². The zero-order chi connectivity index (χ0) is 25.2. The minimum absolute atomic E-state index is 0.0449. The molecule has 1 N–H and O–H groups in total. The smallest absolute Gasteiger partial charge is 0.449 e. The molecule has 1 saturated heterocycles. The number of imidazole rings is 1. The van der Waals surface area contributed by atoms with Crippen LogP contribution in [0, 0.1) is 0 Å². The lowest BCUT2D eigenvalue weighted by Crippen LogP contribution is -2.42. The molecule has 0 spiro atoms. The molecule has 0 unspecified atom stereocenters. The average molecular weight is 492 g/mol. The molecule has 0 atom stereocenters. The maximum atomic E-state index is 13.9. The number of rotatable bonds is 6. The minimum atomic E-state index is -4.82. The van der Waals surface area contributed by atoms with Gasteiger partial charge in [0.25, 0.3) is 5.91 Å². The fourth-order valence-corrected chi connectivity index (χ4v) is 3.93. The van der Waals surface area contributed by atoms with Crippen LogP contribution >= 0.6 is 0 Å². The maximum Gasteiger partial charge on any atom is 0.449 e. The van der Waals surface area contributed by atoms with Gasteiger partial charge >= 0.3 is 6.18 Å². The molecule has 0 radical (unpaired) electrons. The van der Waals surface area contributed by atoms with Gasteiger partial charge in [0, 0.05) is 13.1 Å². The standard InChI is InChI=1S/C23H23F3N4O5/c1-33-16-7-4-8-17(34-2)19(16)21(32)27-14-5-3-6-15-20(14)28-22(23(24,25)26)30(15)13-18(31)29-9-11-35-12-10-29/h3-8H,9-13H2,1-2H3,(H,27,32). The molecular weight excluding hydrogens is 469 g/mol. The maximum absolute atomic E-state index is 13.9. The highest BCUT2D eigenvalue weighted by Crippen LogP contribution is 2.35. The van der Waals surface area contributed by atoms with E-state index in [4.69, 9.17) is 14.2 Å². The number of carbonyl (C=O) groups excluding carboxylic acids is 2. The molecule has 0 aliphatic carbocycles. The summed E-state index contributed by atoms with van der Waals surface area (Å²) in [5.41, 5.74) is 0.0801. The number of para-hydroxylation sites is 1. The number of morpholine rings is 1. The number of hydrogen-bond donors (Lipinski definition) is 1. The third-order valence-electron chi connectivity index (χ3n) is 5.59. The van der Waals surface area contributed by atoms with Crippen molar-refractivity contribution in [2.24, 2.45) is 0 Å². The van der Waals surface area contributed by atoms with Gasteiger partial charge in [-0.1, -0.05) is 12.1 Å². The van der Waals surface area contributed by atoms with Crippen LogP contribution in [0.15, 0.2) is 36.4 Å². The van der Waals surface area contributed by atoms with Crippen LogP contribution in [-0.4, -0.2) is 66.8 Å². The number of methoxy groups -OCH3 is 2. The summed E-state index contributed by atoms with van der Waals surface area (Å²) in [6.07, 6.45) is -4.82. The Hall–Kier alpha value is -3.80. The van der Waals surface area contributed by atoms with Crippen molar-refractivity contribution in [3.8, 4) is 11.5 Å². The van der Waals surface area contributed by atoms with E-state index in [9.17, 15) is 22.8 Å². The number of ether oxygens (including phenoxy) is 3. The lowest BCUT2D eigenvalue weighted by atomic mass is 10.1. The summed E-state index contributed by atoms with van der Waals surface area (Å²) < 4.78 is 58.2. The summed E-state index contributed by atoms with van der Waals surface area (Å²) in [5, 5.41) is 2.61. The lowest BCUT2D eigenvalue weighted by Gasteiger charge is -2.27. The van der Waals surface area contributed by atoms with Crippen molar-refractivity contribution in [3.05, 3.63) is 47.8 Å². The molecule has 2 heterocycles. The first-order valence-electron chi connectivity index (χ1n) is 10.7. The van der Waals surface area contributed by atoms with E-state index in [0.29, 0.717) is 26.3 Å². The molecule has 2 amide bonds. The monoisotopic (exact) mass is 492 g/mol. The molecule has 1 aliphatic heterocycles. The number of hydrogen-bond acceptors (Lipinski definition) is 6. The molecule has 1 aliphatic rings. The van der Waals surface area contributed by atoms with E-state index >= 15 is 0 Å². The van der Waals surface area contributed by atoms with Gasteiger partial charge in [-0.3, -0.25) is 9.59 Å². The summed E-state index contributed by atoms with van der Waals surface area (Å²) in [5.74, 6) is -1.91. The summed E-state index contributed by atoms with van der Waals surface area (Å²) in [6, 6.07) is 9.09. The van der Waals surface area contributed by atoms with Crippen LogP contribution in [0.2, 0.25) is 0 Å². The van der Waals surface area contributed by atoms with E-state index in [2.05, 4.69) is 10.3 Å². The Balaban J connectivity index is 1.73. The Labute approximate surface area is 198 Å². The fraction of sp³-hybridized carbons (Fsp3) is 0.348. The Morgan fingerprint density at radius 1 is 1.06 bits per heavy atom. The number of alkyl halides is 3. The summed E-state index contributed by atoms with van der Waals surface area (Å²) in [7, 11) is 2.77. The van der Waals surface area contributed by atoms with E-state index in [1.54, 1.807) is 18.2 Å². The highest BCUT2D eigenvalue weighted by Gasteiger charge is 2.39. The van der Waals surface area contributed by atoms with Crippen molar-refractivity contribution < 1.29 is 37.0 Å². The number of amides is 2. The predicted octanol–water partition coefficient (Wildman–Crippen LogP) is 3.18. The average Bonchev–Trinajstić information content (AvgIpc) is 3.23. The molecule has 0 bridgehead atoms. The van der Waals surface area contributed by atoms with Crippen LogP contribution in [0.4, 0.5) is 18.9 Å². The number of anilines is 1. The number of aromatic nitrogens is 2. The SMILES string of the molecule is COc1cccc(OC)c1C(=O)Nc1cccc2c1nc(C(F)(F)F)n2CC(=O)N1CCOCC1. The fourth-order valence-electron chi connectivity index (χ4n) is 3.93. The highest BCUT2D eigenvalue weighted by atomic mass is 19.4. The molecular formula is C23H23F3N4O5. The zero-order valence-electron chi connectivity index (χ0n) is 19.0. The quantitative estimate of drug-likeness (QED) is 0.568. The van der Waals surface area contributed by atoms with Gasteiger partial charge in [-0.25, -0.2) is 4.98 Å². The molecule has 2 aromatic carbocycles. The number of benzene rings is 2. The van der Waals surface area contributed by atoms with Crippen LogP contribution < -0.4 is 14.8 Å². The van der Waals surface area contributed by atoms with Gasteiger partial charge in [-0.15, -0.1) is 0 Å². The Morgan fingerprint density at radius 3 is 2.29 bits per heavy atom. The second kappa shape index (κ2) is 9.82. The summed E-state index contributed by atoms with van der Waals surface area (Å²) in [4.78, 5) is 31.1. The predicted molar refractivity (Wildman–Crippen MR) is 120 cm³/mol. The van der Waals surface area contributed by atoms with Crippen molar-refractivity contribution in [1.82, 2.24) is 14.5 Å². The minimum Gasteiger partial charge on any atom is -0.496 e. The van der Waals surface area contributed by atoms with E-state index in [0.717, 1.165) is 4.57 Å². The highest BCUT2D eigenvalue weighted by molar-refractivity contribution is 6.11. The molecule has 12 heteroatoms. The topological polar surface area (TPSA) is 94.9 Å². The van der Waals surface area contributed by atoms with Gasteiger partial charge in [-0.2, -0.15) is 13.2 Å². The van der Waals surface area contributed by atoms with E-state index < -0.39 is 30.4 Å². The number of nitrogens with one attached hydrogen (secondary N) is 1. The van der Waals surface area contributed by atoms with Crippen molar-refractivity contribution in [2.45, 2.75) is 12.7 Å². The van der Waals surface area contributed by atoms with Gasteiger partial charge in [0.15, 0.2) is 0 Å². The second-order valence-corrected chi connectivity index (χ2v) is 7.68. The van der Waals surface area contributed by atoms with Crippen LogP contribution in [-0.2, 0) is 22.3 Å². The number of nitrogens with zero attached hydrogens (tertiary/aromatic N) is 3. The first kappa shape index (κ1) is 24.3. The molecule has 0 saturated carbocycles. The molecule has 9 nitrogen and oxygen atoms in total. The van der Waals surface area contributed by atoms with Crippen LogP contribution in [0.5, 0.6) is 11.5 Å². The first-order chi connectivity index (χ1) is 16.7. The molecule has 1 fully saturated rings. The molecule has 35 heavy (non-hydrogen) atoms. The molecule has 1 aromatic heterocycles. The van der Waals surface area contributed by atoms with Gasteiger partial charge < -0.3 is 29.0 Å². The van der Waals surface area contributed by atoms with Gasteiger partial charge in [0.1, 0.15) is 29.1 Å². The molecule has 186 valence electrons. The number of carbonyl (C=O) groups is 2. The Bertz CT molecular complexity index is 1230. The van der Waals surface area contributed by atoms with Crippen molar-refractivity contribution in [2.75, 3.05) is 45.8 Å². The summed E-state index contributed by atoms with van der Waals surface area (Å²) in [6.45, 7) is 0.697. The molecule has 4 rings (SSSR count). The van der Waals surface area contributed by atoms with Crippen LogP contribution in [0.3, 0.4) is 0 Å². The van der Waals surface area contributed by atoms with E-state index in [1.807, 2.05) is 0 Å². The van der Waals surface area contributed by atoms with Gasteiger partial charge in [0.05, 0.1) is 38.6 Å². The van der Waals surface area contributed by atoms with Crippen molar-refractivity contribution in [3.63, 3.8) is 0 Å². The third kappa shape index (κ3) is 4.87. The Kier molecular flexibility index (Phi) is 6.83. The largest absolute Gasteiger partial charge is 0.496 e. The van der Waals surface area contributed by atoms with Crippen molar-refractivity contribution >= 4 is 28.5 Å². The van der Waals surface area contributed by atoms with E-state index in [-0.39, 0.29) is 33.8 Å². The number of fused-ring (bicyclic) bond motifs is 1. The zero-order valence-corrected chi connectivity index (χ0v) is 19.0.